The third-order valence-corrected chi connectivity index (χ3v) is 4.45. The van der Waals surface area contributed by atoms with Gasteiger partial charge in [0.2, 0.25) is 0 Å². The van der Waals surface area contributed by atoms with Gasteiger partial charge in [-0.1, -0.05) is 45.8 Å². The van der Waals surface area contributed by atoms with Crippen molar-refractivity contribution >= 4 is 33.7 Å². The molecule has 19 heavy (non-hydrogen) atoms. The first kappa shape index (κ1) is 14.2. The number of halogens is 1. The minimum absolute atomic E-state index is 0.587. The normalized spacial score (nSPS) is 12.1. The van der Waals surface area contributed by atoms with Gasteiger partial charge in [-0.3, -0.25) is 4.79 Å². The number of benzene rings is 2. The second kappa shape index (κ2) is 6.26. The van der Waals surface area contributed by atoms with Crippen molar-refractivity contribution in [3.63, 3.8) is 0 Å². The molecule has 0 aromatic heterocycles. The topological polar surface area (TPSA) is 37.3 Å². The Bertz CT molecular complexity index is 564. The van der Waals surface area contributed by atoms with Crippen molar-refractivity contribution in [3.8, 4) is 0 Å². The highest BCUT2D eigenvalue weighted by Crippen LogP contribution is 2.35. The largest absolute Gasteiger partial charge is 0.480 e. The molecule has 0 saturated heterocycles. The van der Waals surface area contributed by atoms with E-state index in [4.69, 9.17) is 0 Å². The lowest BCUT2D eigenvalue weighted by Crippen LogP contribution is -2.07. The zero-order valence-corrected chi connectivity index (χ0v) is 12.7. The number of carboxylic acids is 1. The Morgan fingerprint density at radius 2 is 1.68 bits per heavy atom. The van der Waals surface area contributed by atoms with Crippen LogP contribution in [0.15, 0.2) is 57.9 Å². The summed E-state index contributed by atoms with van der Waals surface area (Å²) in [5, 5.41) is 8.79. The number of hydrogen-bond donors (Lipinski definition) is 1. The lowest BCUT2D eigenvalue weighted by molar-refractivity contribution is -0.136. The van der Waals surface area contributed by atoms with Crippen molar-refractivity contribution in [2.45, 2.75) is 17.1 Å². The van der Waals surface area contributed by atoms with Gasteiger partial charge in [-0.15, -0.1) is 11.8 Å². The lowest BCUT2D eigenvalue weighted by atomic mass is 10.1. The second-order valence-electron chi connectivity index (χ2n) is 4.20. The first-order chi connectivity index (χ1) is 9.06. The van der Waals surface area contributed by atoms with E-state index in [0.29, 0.717) is 0 Å². The standard InChI is InChI=1S/C15H13BrO2S/c1-10-2-8-13(9-3-10)19-14(15(17)18)11-4-6-12(16)7-5-11/h2-9,14H,1H3,(H,17,18)/t14-/m1/s1. The van der Waals surface area contributed by atoms with E-state index >= 15 is 0 Å². The summed E-state index contributed by atoms with van der Waals surface area (Å²) >= 11 is 4.70. The molecule has 0 heterocycles. The van der Waals surface area contributed by atoms with Crippen LogP contribution in [0, 0.1) is 6.92 Å². The van der Waals surface area contributed by atoms with Crippen LogP contribution in [-0.2, 0) is 4.79 Å². The smallest absolute Gasteiger partial charge is 0.321 e. The quantitative estimate of drug-likeness (QED) is 0.824. The van der Waals surface area contributed by atoms with Gasteiger partial charge in [0.05, 0.1) is 0 Å². The van der Waals surface area contributed by atoms with Crippen molar-refractivity contribution < 1.29 is 9.90 Å². The van der Waals surface area contributed by atoms with Crippen molar-refractivity contribution in [3.05, 3.63) is 64.1 Å². The summed E-state index contributed by atoms with van der Waals surface area (Å²) in [5.74, 6) is -0.826. The summed E-state index contributed by atoms with van der Waals surface area (Å²) < 4.78 is 0.945. The molecular weight excluding hydrogens is 324 g/mol. The molecule has 0 bridgehead atoms. The molecule has 98 valence electrons. The molecule has 0 aliphatic heterocycles. The fourth-order valence-corrected chi connectivity index (χ4v) is 2.88. The minimum Gasteiger partial charge on any atom is -0.480 e. The first-order valence-corrected chi connectivity index (χ1v) is 7.45. The monoisotopic (exact) mass is 336 g/mol. The molecule has 0 amide bonds. The Morgan fingerprint density at radius 3 is 2.21 bits per heavy atom. The van der Waals surface area contributed by atoms with Crippen LogP contribution in [-0.4, -0.2) is 11.1 Å². The molecule has 2 rings (SSSR count). The highest BCUT2D eigenvalue weighted by atomic mass is 79.9. The zero-order chi connectivity index (χ0) is 13.8. The summed E-state index contributed by atoms with van der Waals surface area (Å²) in [6, 6.07) is 15.3. The van der Waals surface area contributed by atoms with E-state index in [9.17, 15) is 9.90 Å². The van der Waals surface area contributed by atoms with Crippen LogP contribution in [0.1, 0.15) is 16.4 Å². The van der Waals surface area contributed by atoms with Crippen molar-refractivity contribution in [2.75, 3.05) is 0 Å². The highest BCUT2D eigenvalue weighted by molar-refractivity contribution is 9.10. The molecule has 1 atom stereocenters. The average molecular weight is 337 g/mol. The molecule has 1 N–H and O–H groups in total. The van der Waals surface area contributed by atoms with E-state index in [-0.39, 0.29) is 0 Å². The Kier molecular flexibility index (Phi) is 4.66. The third kappa shape index (κ3) is 3.85. The van der Waals surface area contributed by atoms with Gasteiger partial charge in [-0.2, -0.15) is 0 Å². The number of rotatable bonds is 4. The van der Waals surface area contributed by atoms with E-state index in [1.807, 2.05) is 55.5 Å². The van der Waals surface area contributed by atoms with Crippen LogP contribution < -0.4 is 0 Å². The van der Waals surface area contributed by atoms with Crippen LogP contribution in [0.3, 0.4) is 0 Å². The predicted octanol–water partition coefficient (Wildman–Crippen LogP) is 4.68. The second-order valence-corrected chi connectivity index (χ2v) is 6.29. The van der Waals surface area contributed by atoms with E-state index in [1.54, 1.807) is 0 Å². The maximum atomic E-state index is 11.4. The van der Waals surface area contributed by atoms with Crippen LogP contribution in [0.5, 0.6) is 0 Å². The third-order valence-electron chi connectivity index (χ3n) is 2.67. The fraction of sp³-hybridized carbons (Fsp3) is 0.133. The minimum atomic E-state index is -0.826. The lowest BCUT2D eigenvalue weighted by Gasteiger charge is -2.12. The summed E-state index contributed by atoms with van der Waals surface area (Å²) in [5.41, 5.74) is 1.96. The van der Waals surface area contributed by atoms with Gasteiger partial charge in [0, 0.05) is 9.37 Å². The molecule has 0 radical (unpaired) electrons. The summed E-state index contributed by atoms with van der Waals surface area (Å²) in [4.78, 5) is 12.4. The number of thioether (sulfide) groups is 1. The molecule has 0 aliphatic rings. The van der Waals surface area contributed by atoms with Gasteiger partial charge in [-0.25, -0.2) is 0 Å². The van der Waals surface area contributed by atoms with Gasteiger partial charge in [-0.05, 0) is 36.8 Å². The number of carbonyl (C=O) groups is 1. The summed E-state index contributed by atoms with van der Waals surface area (Å²) in [6.45, 7) is 2.01. The molecule has 0 saturated carbocycles. The molecule has 0 aliphatic carbocycles. The Labute approximate surface area is 125 Å². The molecule has 0 fully saturated rings. The van der Waals surface area contributed by atoms with Crippen molar-refractivity contribution in [1.29, 1.82) is 0 Å². The van der Waals surface area contributed by atoms with Gasteiger partial charge in [0.25, 0.3) is 0 Å². The Morgan fingerprint density at radius 1 is 1.11 bits per heavy atom. The summed E-state index contributed by atoms with van der Waals surface area (Å²) in [6.07, 6.45) is 0. The maximum Gasteiger partial charge on any atom is 0.321 e. The average Bonchev–Trinajstić information content (AvgIpc) is 2.39. The van der Waals surface area contributed by atoms with Gasteiger partial charge in [0.1, 0.15) is 5.25 Å². The van der Waals surface area contributed by atoms with Crippen LogP contribution in [0.4, 0.5) is 0 Å². The molecule has 2 aromatic carbocycles. The SMILES string of the molecule is Cc1ccc(S[C@@H](C(=O)O)c2ccc(Br)cc2)cc1. The van der Waals surface area contributed by atoms with Crippen LogP contribution >= 0.6 is 27.7 Å². The van der Waals surface area contributed by atoms with Crippen LogP contribution in [0.2, 0.25) is 0 Å². The molecule has 4 heteroatoms. The van der Waals surface area contributed by atoms with E-state index in [0.717, 1.165) is 14.9 Å². The molecule has 2 aromatic rings. The van der Waals surface area contributed by atoms with Gasteiger partial charge < -0.3 is 5.11 Å². The first-order valence-electron chi connectivity index (χ1n) is 5.78. The maximum absolute atomic E-state index is 11.4. The molecular formula is C15H13BrO2S. The number of aryl methyl sites for hydroxylation is 1. The van der Waals surface area contributed by atoms with E-state index in [1.165, 1.54) is 17.3 Å². The van der Waals surface area contributed by atoms with E-state index in [2.05, 4.69) is 15.9 Å². The van der Waals surface area contributed by atoms with E-state index < -0.39 is 11.2 Å². The van der Waals surface area contributed by atoms with Crippen LogP contribution in [0.25, 0.3) is 0 Å². The molecule has 0 spiro atoms. The fourth-order valence-electron chi connectivity index (χ4n) is 1.65. The molecule has 2 nitrogen and oxygen atoms in total. The number of carboxylic acid groups (broad SMARTS) is 1. The Hall–Kier alpha value is -1.26. The predicted molar refractivity (Wildman–Crippen MR) is 81.6 cm³/mol. The van der Waals surface area contributed by atoms with Crippen molar-refractivity contribution in [2.24, 2.45) is 0 Å². The molecule has 0 unspecified atom stereocenters. The van der Waals surface area contributed by atoms with Gasteiger partial charge >= 0.3 is 5.97 Å². The highest BCUT2D eigenvalue weighted by Gasteiger charge is 2.21. The summed E-state index contributed by atoms with van der Waals surface area (Å²) in [7, 11) is 0. The zero-order valence-electron chi connectivity index (χ0n) is 10.3. The van der Waals surface area contributed by atoms with Gasteiger partial charge in [0.15, 0.2) is 0 Å². The number of aliphatic carboxylic acids is 1. The Balaban J connectivity index is 2.23. The van der Waals surface area contributed by atoms with Crippen molar-refractivity contribution in [1.82, 2.24) is 0 Å². The number of hydrogen-bond acceptors (Lipinski definition) is 2.